The van der Waals surface area contributed by atoms with Crippen LogP contribution in [0.4, 0.5) is 0 Å². The van der Waals surface area contributed by atoms with Crippen LogP contribution in [-0.4, -0.2) is 13.7 Å². The summed E-state index contributed by atoms with van der Waals surface area (Å²) in [4.78, 5) is 0. The van der Waals surface area contributed by atoms with Crippen LogP contribution in [0, 0.1) is 0 Å². The van der Waals surface area contributed by atoms with Crippen molar-refractivity contribution in [1.82, 2.24) is 5.32 Å². The quantitative estimate of drug-likeness (QED) is 0.746. The lowest BCUT2D eigenvalue weighted by Crippen LogP contribution is -2.14. The number of hydrogen-bond donors (Lipinski definition) is 1. The molecule has 2 aromatic carbocycles. The molecule has 0 spiro atoms. The van der Waals surface area contributed by atoms with Gasteiger partial charge in [-0.25, -0.2) is 0 Å². The second kappa shape index (κ2) is 8.81. The molecule has 22 heavy (non-hydrogen) atoms. The van der Waals surface area contributed by atoms with E-state index >= 15 is 0 Å². The Bertz CT molecular complexity index is 587. The summed E-state index contributed by atoms with van der Waals surface area (Å²) in [6.07, 6.45) is 0.965. The molecule has 0 aliphatic carbocycles. The average molecular weight is 364 g/mol. The second-order valence-electron chi connectivity index (χ2n) is 4.99. The van der Waals surface area contributed by atoms with Gasteiger partial charge in [0.1, 0.15) is 0 Å². The number of rotatable bonds is 8. The lowest BCUT2D eigenvalue weighted by atomic mass is 10.1. The Labute approximate surface area is 140 Å². The van der Waals surface area contributed by atoms with Crippen molar-refractivity contribution in [2.24, 2.45) is 0 Å². The smallest absolute Gasteiger partial charge is 0.166 e. The first-order valence-electron chi connectivity index (χ1n) is 7.49. The first kappa shape index (κ1) is 16.8. The Hall–Kier alpha value is -1.52. The Morgan fingerprint density at radius 1 is 1.05 bits per heavy atom. The van der Waals surface area contributed by atoms with Crippen LogP contribution in [0.3, 0.4) is 0 Å². The molecule has 4 heteroatoms. The zero-order valence-electron chi connectivity index (χ0n) is 13.1. The van der Waals surface area contributed by atoms with E-state index in [-0.39, 0.29) is 0 Å². The number of hydrogen-bond acceptors (Lipinski definition) is 3. The molecule has 0 unspecified atom stereocenters. The summed E-state index contributed by atoms with van der Waals surface area (Å²) in [5.74, 6) is 1.59. The number of halogens is 1. The average Bonchev–Trinajstić information content (AvgIpc) is 2.56. The van der Waals surface area contributed by atoms with E-state index in [9.17, 15) is 0 Å². The van der Waals surface area contributed by atoms with Crippen molar-refractivity contribution in [2.75, 3.05) is 13.7 Å². The molecule has 0 heterocycles. The summed E-state index contributed by atoms with van der Waals surface area (Å²) in [7, 11) is 1.67. The minimum atomic E-state index is 0.679. The number of benzene rings is 2. The van der Waals surface area contributed by atoms with Crippen LogP contribution in [0.25, 0.3) is 0 Å². The summed E-state index contributed by atoms with van der Waals surface area (Å²) in [6, 6.07) is 14.3. The van der Waals surface area contributed by atoms with Gasteiger partial charge in [0.05, 0.1) is 13.7 Å². The summed E-state index contributed by atoms with van der Waals surface area (Å²) in [5.41, 5.74) is 2.35. The minimum absolute atomic E-state index is 0.679. The zero-order valence-corrected chi connectivity index (χ0v) is 14.7. The molecule has 0 saturated heterocycles. The maximum Gasteiger partial charge on any atom is 0.166 e. The normalized spacial score (nSPS) is 10.5. The number of ether oxygens (including phenoxy) is 2. The Morgan fingerprint density at radius 2 is 1.82 bits per heavy atom. The molecule has 1 N–H and O–H groups in total. The van der Waals surface area contributed by atoms with Gasteiger partial charge in [-0.05, 0) is 24.1 Å². The van der Waals surface area contributed by atoms with E-state index < -0.39 is 0 Å². The number of methoxy groups -OCH3 is 1. The van der Waals surface area contributed by atoms with Crippen LogP contribution in [0.2, 0.25) is 0 Å². The fourth-order valence-electron chi connectivity index (χ4n) is 2.20. The minimum Gasteiger partial charge on any atom is -0.493 e. The van der Waals surface area contributed by atoms with Crippen LogP contribution >= 0.6 is 15.9 Å². The molecule has 2 aromatic rings. The molecule has 0 fully saturated rings. The molecule has 0 bridgehead atoms. The van der Waals surface area contributed by atoms with E-state index in [4.69, 9.17) is 9.47 Å². The molecule has 0 aliphatic heterocycles. The highest BCUT2D eigenvalue weighted by atomic mass is 79.9. The summed E-state index contributed by atoms with van der Waals surface area (Å²) < 4.78 is 12.4. The van der Waals surface area contributed by atoms with Gasteiger partial charge in [-0.2, -0.15) is 0 Å². The topological polar surface area (TPSA) is 30.5 Å². The maximum atomic E-state index is 5.90. The molecule has 0 amide bonds. The lowest BCUT2D eigenvalue weighted by molar-refractivity contribution is 0.290. The standard InChI is InChI=1S/C18H22BrNO2/c1-3-11-22-18-15(16(19)9-10-17(18)21-2)13-20-12-14-7-5-4-6-8-14/h4-10,20H,3,11-13H2,1-2H3. The van der Waals surface area contributed by atoms with Crippen molar-refractivity contribution in [2.45, 2.75) is 26.4 Å². The molecule has 0 aromatic heterocycles. The van der Waals surface area contributed by atoms with E-state index in [1.54, 1.807) is 7.11 Å². The third-order valence-electron chi connectivity index (χ3n) is 3.31. The van der Waals surface area contributed by atoms with Crippen LogP contribution in [0.5, 0.6) is 11.5 Å². The van der Waals surface area contributed by atoms with Crippen molar-refractivity contribution in [1.29, 1.82) is 0 Å². The molecule has 0 radical (unpaired) electrons. The van der Waals surface area contributed by atoms with Crippen LogP contribution in [-0.2, 0) is 13.1 Å². The Kier molecular flexibility index (Phi) is 6.74. The molecule has 0 atom stereocenters. The van der Waals surface area contributed by atoms with E-state index in [0.29, 0.717) is 13.2 Å². The third kappa shape index (κ3) is 4.49. The van der Waals surface area contributed by atoms with Crippen molar-refractivity contribution in [3.63, 3.8) is 0 Å². The van der Waals surface area contributed by atoms with Gasteiger partial charge in [0.25, 0.3) is 0 Å². The summed E-state index contributed by atoms with van der Waals surface area (Å²) in [6.45, 7) is 4.31. The fraction of sp³-hybridized carbons (Fsp3) is 0.333. The van der Waals surface area contributed by atoms with Gasteiger partial charge in [0.2, 0.25) is 0 Å². The highest BCUT2D eigenvalue weighted by Crippen LogP contribution is 2.36. The monoisotopic (exact) mass is 363 g/mol. The van der Waals surface area contributed by atoms with E-state index in [1.165, 1.54) is 5.56 Å². The maximum absolute atomic E-state index is 5.90. The van der Waals surface area contributed by atoms with E-state index in [0.717, 1.165) is 34.5 Å². The Morgan fingerprint density at radius 3 is 2.50 bits per heavy atom. The number of nitrogens with one attached hydrogen (secondary N) is 1. The van der Waals surface area contributed by atoms with Gasteiger partial charge < -0.3 is 14.8 Å². The Balaban J connectivity index is 2.10. The van der Waals surface area contributed by atoms with Crippen LogP contribution in [0.15, 0.2) is 46.9 Å². The van der Waals surface area contributed by atoms with Crippen LogP contribution < -0.4 is 14.8 Å². The molecular formula is C18H22BrNO2. The van der Waals surface area contributed by atoms with E-state index in [2.05, 4.69) is 40.3 Å². The van der Waals surface area contributed by atoms with Crippen molar-refractivity contribution < 1.29 is 9.47 Å². The largest absolute Gasteiger partial charge is 0.493 e. The molecule has 118 valence electrons. The first-order valence-corrected chi connectivity index (χ1v) is 8.28. The van der Waals surface area contributed by atoms with Gasteiger partial charge in [-0.15, -0.1) is 0 Å². The molecule has 3 nitrogen and oxygen atoms in total. The van der Waals surface area contributed by atoms with Crippen molar-refractivity contribution in [3.05, 3.63) is 58.1 Å². The predicted molar refractivity (Wildman–Crippen MR) is 93.5 cm³/mol. The van der Waals surface area contributed by atoms with E-state index in [1.807, 2.05) is 30.3 Å². The van der Waals surface area contributed by atoms with Gasteiger partial charge in [-0.1, -0.05) is 53.2 Å². The van der Waals surface area contributed by atoms with Crippen molar-refractivity contribution in [3.8, 4) is 11.5 Å². The molecule has 0 saturated carbocycles. The van der Waals surface area contributed by atoms with Crippen molar-refractivity contribution >= 4 is 15.9 Å². The second-order valence-corrected chi connectivity index (χ2v) is 5.85. The van der Waals surface area contributed by atoms with Gasteiger partial charge in [0.15, 0.2) is 11.5 Å². The van der Waals surface area contributed by atoms with Crippen LogP contribution in [0.1, 0.15) is 24.5 Å². The zero-order chi connectivity index (χ0) is 15.8. The molecule has 0 aliphatic rings. The fourth-order valence-corrected chi connectivity index (χ4v) is 2.65. The highest BCUT2D eigenvalue weighted by molar-refractivity contribution is 9.10. The third-order valence-corrected chi connectivity index (χ3v) is 4.05. The predicted octanol–water partition coefficient (Wildman–Crippen LogP) is 4.54. The summed E-state index contributed by atoms with van der Waals surface area (Å²) in [5, 5.41) is 3.46. The summed E-state index contributed by atoms with van der Waals surface area (Å²) >= 11 is 3.61. The van der Waals surface area contributed by atoms with Gasteiger partial charge in [-0.3, -0.25) is 0 Å². The van der Waals surface area contributed by atoms with Gasteiger partial charge in [0, 0.05) is 23.1 Å². The van der Waals surface area contributed by atoms with Gasteiger partial charge >= 0.3 is 0 Å². The molecular weight excluding hydrogens is 342 g/mol. The SMILES string of the molecule is CCCOc1c(OC)ccc(Br)c1CNCc1ccccc1. The lowest BCUT2D eigenvalue weighted by Gasteiger charge is -2.17. The highest BCUT2D eigenvalue weighted by Gasteiger charge is 2.14. The molecule has 2 rings (SSSR count). The first-order chi connectivity index (χ1) is 10.8.